The topological polar surface area (TPSA) is 75.6 Å². The van der Waals surface area contributed by atoms with Crippen LogP contribution in [0.4, 0.5) is 8.78 Å². The highest BCUT2D eigenvalue weighted by atomic mass is 19.3. The van der Waals surface area contributed by atoms with Crippen LogP contribution in [-0.4, -0.2) is 36.1 Å². The summed E-state index contributed by atoms with van der Waals surface area (Å²) in [4.78, 5) is 22.3. The maximum Gasteiger partial charge on any atom is 0.326 e. The van der Waals surface area contributed by atoms with Gasteiger partial charge in [-0.3, -0.25) is 4.79 Å². The number of hydrogen-bond acceptors (Lipinski definition) is 3. The molecular weight excluding hydrogens is 284 g/mol. The largest absolute Gasteiger partial charge is 0.484 e. The molecule has 0 aromatic heterocycles. The third-order valence-electron chi connectivity index (χ3n) is 2.74. The number of carbonyl (C=O) groups is 2. The van der Waals surface area contributed by atoms with Gasteiger partial charge in [0, 0.05) is 6.42 Å². The summed E-state index contributed by atoms with van der Waals surface area (Å²) in [5, 5.41) is 10.7. The fourth-order valence-corrected chi connectivity index (χ4v) is 1.74. The van der Waals surface area contributed by atoms with Crippen LogP contribution in [0.1, 0.15) is 17.5 Å². The van der Waals surface area contributed by atoms with E-state index in [0.29, 0.717) is 5.75 Å². The second-order valence-electron chi connectivity index (χ2n) is 4.64. The molecule has 1 rings (SSSR count). The molecule has 0 fully saturated rings. The Labute approximate surface area is 120 Å². The predicted octanol–water partition coefficient (Wildman–Crippen LogP) is 1.91. The highest BCUT2D eigenvalue weighted by Crippen LogP contribution is 2.18. The Morgan fingerprint density at radius 1 is 1.33 bits per heavy atom. The predicted molar refractivity (Wildman–Crippen MR) is 71.6 cm³/mol. The lowest BCUT2D eigenvalue weighted by Gasteiger charge is -2.15. The third kappa shape index (κ3) is 5.76. The van der Waals surface area contributed by atoms with Crippen molar-refractivity contribution in [3.63, 3.8) is 0 Å². The number of halogens is 2. The SMILES string of the molecule is Cc1ccc(OCC(=O)NC(CC(F)F)C(=O)O)c(C)c1. The van der Waals surface area contributed by atoms with Gasteiger partial charge in [-0.15, -0.1) is 0 Å². The normalized spacial score (nSPS) is 12.0. The summed E-state index contributed by atoms with van der Waals surface area (Å²) in [5.74, 6) is -1.78. The molecule has 21 heavy (non-hydrogen) atoms. The van der Waals surface area contributed by atoms with Gasteiger partial charge in [-0.1, -0.05) is 17.7 Å². The molecule has 0 aliphatic carbocycles. The van der Waals surface area contributed by atoms with E-state index in [2.05, 4.69) is 0 Å². The van der Waals surface area contributed by atoms with Crippen LogP contribution in [0.2, 0.25) is 0 Å². The number of benzene rings is 1. The quantitative estimate of drug-likeness (QED) is 0.806. The molecule has 1 aromatic rings. The van der Waals surface area contributed by atoms with Crippen molar-refractivity contribution >= 4 is 11.9 Å². The molecule has 1 unspecified atom stereocenters. The van der Waals surface area contributed by atoms with E-state index in [9.17, 15) is 18.4 Å². The molecule has 0 aliphatic heterocycles. The molecule has 0 radical (unpaired) electrons. The molecule has 1 aromatic carbocycles. The number of aliphatic carboxylic acids is 1. The standard InChI is InChI=1S/C14H17F2NO4/c1-8-3-4-11(9(2)5-8)21-7-13(18)17-10(14(19)20)6-12(15)16/h3-5,10,12H,6-7H2,1-2H3,(H,17,18)(H,19,20). The monoisotopic (exact) mass is 301 g/mol. The zero-order valence-corrected chi connectivity index (χ0v) is 11.7. The molecule has 0 saturated heterocycles. The zero-order chi connectivity index (χ0) is 16.0. The lowest BCUT2D eigenvalue weighted by molar-refractivity contribution is -0.143. The Morgan fingerprint density at radius 3 is 2.52 bits per heavy atom. The molecule has 0 aliphatic rings. The van der Waals surface area contributed by atoms with E-state index in [4.69, 9.17) is 9.84 Å². The number of carboxylic acids is 1. The molecule has 1 amide bonds. The van der Waals surface area contributed by atoms with Crippen molar-refractivity contribution in [3.05, 3.63) is 29.3 Å². The van der Waals surface area contributed by atoms with Crippen molar-refractivity contribution in [2.45, 2.75) is 32.7 Å². The summed E-state index contributed by atoms with van der Waals surface area (Å²) in [6.07, 6.45) is -3.75. The van der Waals surface area contributed by atoms with Crippen molar-refractivity contribution in [1.82, 2.24) is 5.32 Å². The fraction of sp³-hybridized carbons (Fsp3) is 0.429. The minimum atomic E-state index is -2.81. The van der Waals surface area contributed by atoms with Crippen molar-refractivity contribution in [2.75, 3.05) is 6.61 Å². The number of amides is 1. The van der Waals surface area contributed by atoms with Crippen molar-refractivity contribution < 1.29 is 28.2 Å². The van der Waals surface area contributed by atoms with Gasteiger partial charge in [-0.05, 0) is 25.5 Å². The smallest absolute Gasteiger partial charge is 0.326 e. The first kappa shape index (κ1) is 16.9. The second kappa shape index (κ2) is 7.56. The second-order valence-corrected chi connectivity index (χ2v) is 4.64. The molecule has 0 heterocycles. The lowest BCUT2D eigenvalue weighted by Crippen LogP contribution is -2.44. The van der Waals surface area contributed by atoms with Gasteiger partial charge >= 0.3 is 5.97 Å². The maximum atomic E-state index is 12.2. The molecule has 0 spiro atoms. The fourth-order valence-electron chi connectivity index (χ4n) is 1.74. The number of rotatable bonds is 7. The molecule has 1 atom stereocenters. The summed E-state index contributed by atoms with van der Waals surface area (Å²) in [5.41, 5.74) is 1.86. The minimum absolute atomic E-state index is 0.434. The van der Waals surface area contributed by atoms with Gasteiger partial charge in [0.25, 0.3) is 5.91 Å². The van der Waals surface area contributed by atoms with Gasteiger partial charge in [0.15, 0.2) is 6.61 Å². The van der Waals surface area contributed by atoms with E-state index in [1.165, 1.54) is 0 Å². The van der Waals surface area contributed by atoms with Crippen LogP contribution in [0, 0.1) is 13.8 Å². The van der Waals surface area contributed by atoms with E-state index in [-0.39, 0.29) is 0 Å². The van der Waals surface area contributed by atoms with Crippen LogP contribution in [-0.2, 0) is 9.59 Å². The van der Waals surface area contributed by atoms with Gasteiger partial charge in [-0.2, -0.15) is 0 Å². The summed E-state index contributed by atoms with van der Waals surface area (Å²) < 4.78 is 29.6. The number of hydrogen-bond donors (Lipinski definition) is 2. The molecule has 0 saturated carbocycles. The number of aryl methyl sites for hydroxylation is 2. The van der Waals surface area contributed by atoms with E-state index < -0.39 is 37.4 Å². The van der Waals surface area contributed by atoms with E-state index in [1.807, 2.05) is 18.3 Å². The van der Waals surface area contributed by atoms with Crippen molar-refractivity contribution in [3.8, 4) is 5.75 Å². The van der Waals surface area contributed by atoms with Crippen molar-refractivity contribution in [2.24, 2.45) is 0 Å². The number of nitrogens with one attached hydrogen (secondary N) is 1. The first-order valence-electron chi connectivity index (χ1n) is 6.30. The maximum absolute atomic E-state index is 12.2. The van der Waals surface area contributed by atoms with Crippen molar-refractivity contribution in [1.29, 1.82) is 0 Å². The number of ether oxygens (including phenoxy) is 1. The lowest BCUT2D eigenvalue weighted by atomic mass is 10.1. The van der Waals surface area contributed by atoms with Gasteiger partial charge in [0.2, 0.25) is 6.43 Å². The average molecular weight is 301 g/mol. The number of carbonyl (C=O) groups excluding carboxylic acids is 1. The molecule has 5 nitrogen and oxygen atoms in total. The summed E-state index contributed by atoms with van der Waals surface area (Å²) in [6.45, 7) is 3.28. The van der Waals surface area contributed by atoms with Gasteiger partial charge < -0.3 is 15.2 Å². The zero-order valence-electron chi connectivity index (χ0n) is 11.7. The van der Waals surface area contributed by atoms with E-state index in [0.717, 1.165) is 11.1 Å². The van der Waals surface area contributed by atoms with Crippen LogP contribution in [0.25, 0.3) is 0 Å². The van der Waals surface area contributed by atoms with Gasteiger partial charge in [0.05, 0.1) is 0 Å². The molecule has 7 heteroatoms. The Morgan fingerprint density at radius 2 is 2.00 bits per heavy atom. The van der Waals surface area contributed by atoms with Gasteiger partial charge in [0.1, 0.15) is 11.8 Å². The van der Waals surface area contributed by atoms with Crippen LogP contribution < -0.4 is 10.1 Å². The first-order chi connectivity index (χ1) is 9.79. The summed E-state index contributed by atoms with van der Waals surface area (Å²) >= 11 is 0. The third-order valence-corrected chi connectivity index (χ3v) is 2.74. The molecule has 2 N–H and O–H groups in total. The van der Waals surface area contributed by atoms with Crippen LogP contribution in [0.5, 0.6) is 5.75 Å². The molecule has 0 bridgehead atoms. The van der Waals surface area contributed by atoms with E-state index in [1.54, 1.807) is 19.1 Å². The first-order valence-corrected chi connectivity index (χ1v) is 6.30. The summed E-state index contributed by atoms with van der Waals surface area (Å²) in [6, 6.07) is 3.73. The Kier molecular flexibility index (Phi) is 6.08. The Hall–Kier alpha value is -2.18. The molecular formula is C14H17F2NO4. The highest BCUT2D eigenvalue weighted by molar-refractivity contribution is 5.84. The van der Waals surface area contributed by atoms with Gasteiger partial charge in [-0.25, -0.2) is 13.6 Å². The minimum Gasteiger partial charge on any atom is -0.484 e. The van der Waals surface area contributed by atoms with Crippen LogP contribution in [0.15, 0.2) is 18.2 Å². The molecule has 116 valence electrons. The highest BCUT2D eigenvalue weighted by Gasteiger charge is 2.24. The summed E-state index contributed by atoms with van der Waals surface area (Å²) in [7, 11) is 0. The Bertz CT molecular complexity index is 520. The number of alkyl halides is 2. The number of carboxylic acid groups (broad SMARTS) is 1. The Balaban J connectivity index is 2.54. The van der Waals surface area contributed by atoms with Crippen LogP contribution in [0.3, 0.4) is 0 Å². The average Bonchev–Trinajstić information content (AvgIpc) is 2.36. The van der Waals surface area contributed by atoms with Crippen LogP contribution >= 0.6 is 0 Å². The van der Waals surface area contributed by atoms with E-state index >= 15 is 0 Å².